The molecule has 2 heterocycles. The second-order valence-corrected chi connectivity index (χ2v) is 8.82. The van der Waals surface area contributed by atoms with Crippen LogP contribution in [-0.2, 0) is 11.2 Å². The van der Waals surface area contributed by atoms with Gasteiger partial charge in [-0.05, 0) is 38.8 Å². The molecule has 0 fully saturated rings. The minimum Gasteiger partial charge on any atom is -0.443 e. The minimum atomic E-state index is -0.534. The summed E-state index contributed by atoms with van der Waals surface area (Å²) in [5.74, 6) is 0. The van der Waals surface area contributed by atoms with E-state index in [0.29, 0.717) is 0 Å². The zero-order valence-corrected chi connectivity index (χ0v) is 16.0. The molecule has 0 saturated heterocycles. The van der Waals surface area contributed by atoms with Crippen molar-refractivity contribution in [1.29, 1.82) is 0 Å². The van der Waals surface area contributed by atoms with E-state index in [1.807, 2.05) is 56.5 Å². The number of hydrogen-bond donors (Lipinski definition) is 0. The van der Waals surface area contributed by atoms with Crippen LogP contribution in [0.25, 0.3) is 5.70 Å². The molecule has 0 N–H and O–H groups in total. The lowest BCUT2D eigenvalue weighted by molar-refractivity contribution is 0.0600. The van der Waals surface area contributed by atoms with Crippen LogP contribution in [0, 0.1) is 0 Å². The Bertz CT molecular complexity index is 772. The maximum absolute atomic E-state index is 12.9. The third-order valence-electron chi connectivity index (χ3n) is 3.48. The first-order chi connectivity index (χ1) is 11.4. The fraction of sp³-hybridized carbons (Fsp3) is 0.316. The molecule has 0 aliphatic carbocycles. The van der Waals surface area contributed by atoms with E-state index in [0.717, 1.165) is 27.6 Å². The van der Waals surface area contributed by atoms with E-state index in [4.69, 9.17) is 4.74 Å². The van der Waals surface area contributed by atoms with Gasteiger partial charge in [-0.2, -0.15) is 0 Å². The van der Waals surface area contributed by atoms with Gasteiger partial charge in [-0.1, -0.05) is 49.0 Å². The summed E-state index contributed by atoms with van der Waals surface area (Å²) < 4.78 is 6.81. The molecular formula is C19H21NO2S2. The molecule has 0 saturated carbocycles. The fourth-order valence-electron chi connectivity index (χ4n) is 2.43. The van der Waals surface area contributed by atoms with E-state index in [1.54, 1.807) is 28.0 Å². The standard InChI is InChI=1S/C19H21NO2S2/c1-5-14-11-15-17(24-14)23-12-16(13-9-7-6-8-10-13)20(15)18(21)22-19(2,3)4/h6-12H,5H2,1-4H3. The van der Waals surface area contributed by atoms with Crippen molar-refractivity contribution in [3.63, 3.8) is 0 Å². The molecule has 1 amide bonds. The number of nitrogens with zero attached hydrogens (tertiary/aromatic N) is 1. The first-order valence-electron chi connectivity index (χ1n) is 7.97. The molecule has 1 aromatic heterocycles. The Labute approximate surface area is 151 Å². The normalized spacial score (nSPS) is 14.2. The number of aryl methyl sites for hydroxylation is 1. The van der Waals surface area contributed by atoms with Crippen LogP contribution in [0.1, 0.15) is 38.1 Å². The predicted molar refractivity (Wildman–Crippen MR) is 103 cm³/mol. The molecule has 1 aromatic carbocycles. The Hall–Kier alpha value is -1.72. The summed E-state index contributed by atoms with van der Waals surface area (Å²) in [7, 11) is 0. The van der Waals surface area contributed by atoms with Gasteiger partial charge in [-0.25, -0.2) is 9.69 Å². The highest BCUT2D eigenvalue weighted by Crippen LogP contribution is 2.47. The lowest BCUT2D eigenvalue weighted by Crippen LogP contribution is -2.36. The van der Waals surface area contributed by atoms with Gasteiger partial charge in [-0.3, -0.25) is 0 Å². The topological polar surface area (TPSA) is 29.5 Å². The van der Waals surface area contributed by atoms with Crippen molar-refractivity contribution >= 4 is 40.6 Å². The Balaban J connectivity index is 2.05. The largest absolute Gasteiger partial charge is 0.443 e. The molecule has 5 heteroatoms. The summed E-state index contributed by atoms with van der Waals surface area (Å²) in [6.07, 6.45) is 0.626. The molecule has 0 unspecified atom stereocenters. The first kappa shape index (κ1) is 17.1. The highest BCUT2D eigenvalue weighted by molar-refractivity contribution is 8.04. The van der Waals surface area contributed by atoms with E-state index < -0.39 is 5.60 Å². The molecule has 0 spiro atoms. The van der Waals surface area contributed by atoms with E-state index in [-0.39, 0.29) is 6.09 Å². The number of thioether (sulfide) groups is 1. The van der Waals surface area contributed by atoms with Crippen molar-refractivity contribution < 1.29 is 9.53 Å². The van der Waals surface area contributed by atoms with Gasteiger partial charge in [0.25, 0.3) is 0 Å². The Kier molecular flexibility index (Phi) is 4.74. The van der Waals surface area contributed by atoms with Crippen LogP contribution >= 0.6 is 23.1 Å². The van der Waals surface area contributed by atoms with Crippen molar-refractivity contribution in [3.05, 3.63) is 52.2 Å². The van der Waals surface area contributed by atoms with Gasteiger partial charge in [-0.15, -0.1) is 11.3 Å². The maximum Gasteiger partial charge on any atom is 0.419 e. The smallest absolute Gasteiger partial charge is 0.419 e. The van der Waals surface area contributed by atoms with Crippen molar-refractivity contribution in [2.24, 2.45) is 0 Å². The molecule has 24 heavy (non-hydrogen) atoms. The van der Waals surface area contributed by atoms with E-state index in [9.17, 15) is 4.79 Å². The van der Waals surface area contributed by atoms with Gasteiger partial charge in [0.2, 0.25) is 0 Å². The molecule has 1 aliphatic rings. The van der Waals surface area contributed by atoms with Crippen molar-refractivity contribution in [2.75, 3.05) is 4.90 Å². The highest BCUT2D eigenvalue weighted by Gasteiger charge is 2.32. The number of benzene rings is 1. The van der Waals surface area contributed by atoms with Gasteiger partial charge >= 0.3 is 6.09 Å². The quantitative estimate of drug-likeness (QED) is 0.643. The summed E-state index contributed by atoms with van der Waals surface area (Å²) in [5, 5.41) is 2.04. The molecule has 0 bridgehead atoms. The second kappa shape index (κ2) is 6.65. The number of hydrogen-bond acceptors (Lipinski definition) is 4. The molecule has 3 nitrogen and oxygen atoms in total. The molecule has 2 aromatic rings. The van der Waals surface area contributed by atoms with Gasteiger partial charge in [0.1, 0.15) is 5.60 Å². The van der Waals surface area contributed by atoms with Crippen LogP contribution in [-0.4, -0.2) is 11.7 Å². The Morgan fingerprint density at radius 3 is 2.54 bits per heavy atom. The molecule has 3 rings (SSSR count). The highest BCUT2D eigenvalue weighted by atomic mass is 32.2. The zero-order valence-electron chi connectivity index (χ0n) is 14.3. The lowest BCUT2D eigenvalue weighted by Gasteiger charge is -2.31. The summed E-state index contributed by atoms with van der Waals surface area (Å²) in [4.78, 5) is 15.9. The van der Waals surface area contributed by atoms with Crippen LogP contribution in [0.2, 0.25) is 0 Å². The van der Waals surface area contributed by atoms with Crippen molar-refractivity contribution in [1.82, 2.24) is 0 Å². The van der Waals surface area contributed by atoms with Gasteiger partial charge in [0.05, 0.1) is 15.6 Å². The van der Waals surface area contributed by atoms with Crippen LogP contribution in [0.3, 0.4) is 0 Å². The van der Waals surface area contributed by atoms with Gasteiger partial charge in [0, 0.05) is 10.3 Å². The number of anilines is 1. The van der Waals surface area contributed by atoms with Gasteiger partial charge < -0.3 is 4.74 Å². The summed E-state index contributed by atoms with van der Waals surface area (Å²) in [6, 6.07) is 12.1. The van der Waals surface area contributed by atoms with Crippen LogP contribution in [0.15, 0.2) is 46.0 Å². The Morgan fingerprint density at radius 1 is 1.21 bits per heavy atom. The molecule has 0 radical (unpaired) electrons. The molecule has 1 aliphatic heterocycles. The number of carbonyl (C=O) groups is 1. The lowest BCUT2D eigenvalue weighted by atomic mass is 10.1. The molecular weight excluding hydrogens is 338 g/mol. The summed E-state index contributed by atoms with van der Waals surface area (Å²) in [5.41, 5.74) is 2.26. The fourth-order valence-corrected chi connectivity index (χ4v) is 4.63. The van der Waals surface area contributed by atoms with Crippen LogP contribution < -0.4 is 4.90 Å². The minimum absolute atomic E-state index is 0.334. The van der Waals surface area contributed by atoms with Gasteiger partial charge in [0.15, 0.2) is 0 Å². The zero-order chi connectivity index (χ0) is 17.3. The first-order valence-corrected chi connectivity index (χ1v) is 9.66. The number of rotatable bonds is 2. The maximum atomic E-state index is 12.9. The summed E-state index contributed by atoms with van der Waals surface area (Å²) >= 11 is 3.41. The third kappa shape index (κ3) is 3.52. The number of fused-ring (bicyclic) bond motifs is 1. The number of amides is 1. The monoisotopic (exact) mass is 359 g/mol. The molecule has 126 valence electrons. The van der Waals surface area contributed by atoms with Crippen molar-refractivity contribution in [3.8, 4) is 0 Å². The number of carbonyl (C=O) groups excluding carboxylic acids is 1. The predicted octanol–water partition coefficient (Wildman–Crippen LogP) is 6.16. The average molecular weight is 360 g/mol. The van der Waals surface area contributed by atoms with Crippen LogP contribution in [0.5, 0.6) is 0 Å². The third-order valence-corrected chi connectivity index (χ3v) is 5.85. The Morgan fingerprint density at radius 2 is 1.92 bits per heavy atom. The van der Waals surface area contributed by atoms with E-state index in [2.05, 4.69) is 13.0 Å². The number of ether oxygens (including phenoxy) is 1. The SMILES string of the molecule is CCc1cc2c(s1)SC=C(c1ccccc1)N2C(=O)OC(C)(C)C. The number of thiophene rings is 1. The van der Waals surface area contributed by atoms with E-state index in [1.165, 1.54) is 4.88 Å². The van der Waals surface area contributed by atoms with Crippen LogP contribution in [0.4, 0.5) is 10.5 Å². The average Bonchev–Trinajstić information content (AvgIpc) is 2.96. The molecule has 0 atom stereocenters. The van der Waals surface area contributed by atoms with E-state index >= 15 is 0 Å². The second-order valence-electron chi connectivity index (χ2n) is 6.54. The summed E-state index contributed by atoms with van der Waals surface area (Å²) in [6.45, 7) is 7.80. The van der Waals surface area contributed by atoms with Crippen molar-refractivity contribution in [2.45, 2.75) is 43.9 Å².